The molecule has 2 atom stereocenters. The number of carbonyl (C=O) groups excluding carboxylic acids is 1. The van der Waals surface area contributed by atoms with Crippen LogP contribution in [-0.4, -0.2) is 23.6 Å². The molecular weight excluding hydrogens is 381 g/mol. The van der Waals surface area contributed by atoms with Gasteiger partial charge in [-0.1, -0.05) is 28.7 Å². The Bertz CT molecular complexity index is 509. The average Bonchev–Trinajstić information content (AvgIpc) is 2.81. The molecule has 110 valence electrons. The van der Waals surface area contributed by atoms with Crippen LogP contribution >= 0.6 is 22.6 Å². The normalized spacial score (nSPS) is 25.7. The van der Waals surface area contributed by atoms with Gasteiger partial charge in [-0.15, -0.1) is 0 Å². The monoisotopic (exact) mass is 396 g/mol. The summed E-state index contributed by atoms with van der Waals surface area (Å²) in [7, 11) is 0. The van der Waals surface area contributed by atoms with Crippen molar-refractivity contribution in [2.75, 3.05) is 17.6 Å². The first-order valence-corrected chi connectivity index (χ1v) is 7.78. The molecule has 0 aromatic heterocycles. The van der Waals surface area contributed by atoms with E-state index in [0.29, 0.717) is 23.0 Å². The summed E-state index contributed by atoms with van der Waals surface area (Å²) >= 11 is 2.13. The summed E-state index contributed by atoms with van der Waals surface area (Å²) in [5.74, 6) is -1.53. The summed E-state index contributed by atoms with van der Waals surface area (Å²) in [5, 5.41) is 0. The van der Waals surface area contributed by atoms with Gasteiger partial charge in [0.25, 0.3) is 0 Å². The summed E-state index contributed by atoms with van der Waals surface area (Å²) < 4.78 is 38.3. The van der Waals surface area contributed by atoms with Crippen LogP contribution in [0.3, 0.4) is 0 Å². The number of halogens is 3. The summed E-state index contributed by atoms with van der Waals surface area (Å²) in [6, 6.07) is 3.53. The van der Waals surface area contributed by atoms with Crippen LogP contribution in [0, 0.1) is 17.6 Å². The summed E-state index contributed by atoms with van der Waals surface area (Å²) in [6.07, 6.45) is 0.547. The van der Waals surface area contributed by atoms with Gasteiger partial charge in [-0.25, -0.2) is 8.78 Å². The van der Waals surface area contributed by atoms with E-state index in [-0.39, 0.29) is 18.5 Å². The second-order valence-electron chi connectivity index (χ2n) is 4.94. The molecular formula is C14H15F2IO3. The minimum Gasteiger partial charge on any atom is -0.465 e. The Hall–Kier alpha value is -0.760. The highest BCUT2D eigenvalue weighted by atomic mass is 127. The number of benzene rings is 1. The third-order valence-electron chi connectivity index (χ3n) is 3.37. The Morgan fingerprint density at radius 2 is 2.30 bits per heavy atom. The van der Waals surface area contributed by atoms with Crippen LogP contribution in [0.15, 0.2) is 18.2 Å². The fourth-order valence-electron chi connectivity index (χ4n) is 2.42. The van der Waals surface area contributed by atoms with Gasteiger partial charge in [0.05, 0.1) is 13.2 Å². The van der Waals surface area contributed by atoms with E-state index in [1.807, 2.05) is 0 Å². The molecule has 1 saturated heterocycles. The number of rotatable bonds is 4. The van der Waals surface area contributed by atoms with Crippen LogP contribution in [-0.2, 0) is 19.9 Å². The predicted octanol–water partition coefficient (Wildman–Crippen LogP) is 3.19. The molecule has 20 heavy (non-hydrogen) atoms. The van der Waals surface area contributed by atoms with Crippen molar-refractivity contribution in [1.29, 1.82) is 0 Å². The lowest BCUT2D eigenvalue weighted by atomic mass is 9.89. The molecule has 0 amide bonds. The number of alkyl halides is 1. The highest BCUT2D eigenvalue weighted by molar-refractivity contribution is 14.1. The Morgan fingerprint density at radius 3 is 2.90 bits per heavy atom. The number of hydrogen-bond acceptors (Lipinski definition) is 3. The molecule has 0 N–H and O–H groups in total. The van der Waals surface area contributed by atoms with Gasteiger partial charge >= 0.3 is 5.97 Å². The van der Waals surface area contributed by atoms with Gasteiger partial charge in [-0.05, 0) is 12.5 Å². The van der Waals surface area contributed by atoms with Crippen LogP contribution < -0.4 is 0 Å². The smallest absolute Gasteiger partial charge is 0.302 e. The SMILES string of the molecule is CC(=O)OC[C@@H]1CO[C@@](CI)(c2ccc(F)cc2F)C1. The number of hydrogen-bond donors (Lipinski definition) is 0. The first-order chi connectivity index (χ1) is 9.47. The quantitative estimate of drug-likeness (QED) is 0.446. The van der Waals surface area contributed by atoms with Crippen LogP contribution in [0.25, 0.3) is 0 Å². The Balaban J connectivity index is 2.17. The van der Waals surface area contributed by atoms with Gasteiger partial charge in [0.15, 0.2) is 0 Å². The van der Waals surface area contributed by atoms with E-state index < -0.39 is 17.2 Å². The van der Waals surface area contributed by atoms with Crippen LogP contribution in [0.1, 0.15) is 18.9 Å². The van der Waals surface area contributed by atoms with Crippen LogP contribution in [0.5, 0.6) is 0 Å². The topological polar surface area (TPSA) is 35.5 Å². The van der Waals surface area contributed by atoms with Crippen molar-refractivity contribution < 1.29 is 23.0 Å². The van der Waals surface area contributed by atoms with E-state index in [9.17, 15) is 13.6 Å². The molecule has 3 nitrogen and oxygen atoms in total. The van der Waals surface area contributed by atoms with Crippen molar-refractivity contribution in [3.63, 3.8) is 0 Å². The molecule has 1 aliphatic rings. The van der Waals surface area contributed by atoms with Crippen molar-refractivity contribution in [3.8, 4) is 0 Å². The predicted molar refractivity (Wildman–Crippen MR) is 77.6 cm³/mol. The minimum absolute atomic E-state index is 0.0260. The van der Waals surface area contributed by atoms with E-state index in [2.05, 4.69) is 22.6 Å². The summed E-state index contributed by atoms with van der Waals surface area (Å²) in [5.41, 5.74) is -0.415. The van der Waals surface area contributed by atoms with E-state index in [1.54, 1.807) is 0 Å². The Kier molecular flexibility index (Phi) is 4.95. The first-order valence-electron chi connectivity index (χ1n) is 6.25. The van der Waals surface area contributed by atoms with E-state index in [0.717, 1.165) is 6.07 Å². The molecule has 0 aliphatic carbocycles. The lowest BCUT2D eigenvalue weighted by Gasteiger charge is -2.27. The minimum atomic E-state index is -0.775. The fourth-order valence-corrected chi connectivity index (χ4v) is 3.36. The standard InChI is InChI=1S/C14H15F2IO3/c1-9(18)19-6-10-5-14(8-17,20-7-10)12-3-2-11(15)4-13(12)16/h2-4,10H,5-8H2,1H3/t10-,14+/m1/s1. The number of ether oxygens (including phenoxy) is 2. The second-order valence-corrected chi connectivity index (χ2v) is 5.70. The van der Waals surface area contributed by atoms with Crippen molar-refractivity contribution in [2.45, 2.75) is 18.9 Å². The molecule has 0 radical (unpaired) electrons. The van der Waals surface area contributed by atoms with Gasteiger partial charge in [0, 0.05) is 28.9 Å². The Labute approximate surface area is 129 Å². The zero-order valence-corrected chi connectivity index (χ0v) is 13.2. The highest BCUT2D eigenvalue weighted by Gasteiger charge is 2.43. The second kappa shape index (κ2) is 6.34. The van der Waals surface area contributed by atoms with Gasteiger partial charge in [-0.3, -0.25) is 4.79 Å². The van der Waals surface area contributed by atoms with Gasteiger partial charge in [-0.2, -0.15) is 0 Å². The van der Waals surface area contributed by atoms with Crippen LogP contribution in [0.4, 0.5) is 8.78 Å². The lowest BCUT2D eigenvalue weighted by Crippen LogP contribution is -2.28. The maximum atomic E-state index is 14.0. The van der Waals surface area contributed by atoms with Crippen molar-refractivity contribution in [1.82, 2.24) is 0 Å². The Morgan fingerprint density at radius 1 is 1.55 bits per heavy atom. The third-order valence-corrected chi connectivity index (χ3v) is 4.61. The molecule has 0 spiro atoms. The third kappa shape index (κ3) is 3.28. The largest absolute Gasteiger partial charge is 0.465 e. The lowest BCUT2D eigenvalue weighted by molar-refractivity contribution is -0.142. The molecule has 1 aliphatic heterocycles. The zero-order valence-electron chi connectivity index (χ0n) is 11.0. The maximum absolute atomic E-state index is 14.0. The highest BCUT2D eigenvalue weighted by Crippen LogP contribution is 2.41. The molecule has 1 aromatic rings. The molecule has 6 heteroatoms. The molecule has 0 unspecified atom stereocenters. The molecule has 1 aromatic carbocycles. The van der Waals surface area contributed by atoms with Crippen molar-refractivity contribution in [2.24, 2.45) is 5.92 Å². The van der Waals surface area contributed by atoms with E-state index >= 15 is 0 Å². The van der Waals surface area contributed by atoms with Gasteiger partial charge in [0.2, 0.25) is 0 Å². The summed E-state index contributed by atoms with van der Waals surface area (Å²) in [6.45, 7) is 2.00. The molecule has 2 rings (SSSR count). The maximum Gasteiger partial charge on any atom is 0.302 e. The first kappa shape index (κ1) is 15.6. The van der Waals surface area contributed by atoms with E-state index in [4.69, 9.17) is 9.47 Å². The molecule has 0 saturated carbocycles. The van der Waals surface area contributed by atoms with Crippen molar-refractivity contribution >= 4 is 28.6 Å². The number of esters is 1. The summed E-state index contributed by atoms with van der Waals surface area (Å²) in [4.78, 5) is 10.8. The molecule has 1 heterocycles. The molecule has 1 fully saturated rings. The number of carbonyl (C=O) groups is 1. The molecule has 0 bridgehead atoms. The average molecular weight is 396 g/mol. The van der Waals surface area contributed by atoms with Gasteiger partial charge < -0.3 is 9.47 Å². The van der Waals surface area contributed by atoms with Crippen LogP contribution in [0.2, 0.25) is 0 Å². The van der Waals surface area contributed by atoms with Crippen molar-refractivity contribution in [3.05, 3.63) is 35.4 Å². The van der Waals surface area contributed by atoms with E-state index in [1.165, 1.54) is 19.1 Å². The zero-order chi connectivity index (χ0) is 14.8. The van der Waals surface area contributed by atoms with Gasteiger partial charge in [0.1, 0.15) is 17.2 Å². The fraction of sp³-hybridized carbons (Fsp3) is 0.500.